The van der Waals surface area contributed by atoms with Gasteiger partial charge in [-0.1, -0.05) is 30.3 Å². The molecule has 0 spiro atoms. The van der Waals surface area contributed by atoms with Crippen LogP contribution in [0, 0.1) is 0 Å². The Hall–Kier alpha value is -1.39. The average molecular weight is 224 g/mol. The van der Waals surface area contributed by atoms with Crippen LogP contribution in [-0.2, 0) is 14.3 Å². The summed E-state index contributed by atoms with van der Waals surface area (Å²) >= 11 is 0. The van der Waals surface area contributed by atoms with Crippen LogP contribution < -0.4 is 0 Å². The molecule has 1 unspecified atom stereocenters. The van der Waals surface area contributed by atoms with Crippen LogP contribution in [0.15, 0.2) is 30.3 Å². The highest BCUT2D eigenvalue weighted by Gasteiger charge is 2.23. The maximum absolute atomic E-state index is 10.9. The van der Waals surface area contributed by atoms with E-state index in [-0.39, 0.29) is 6.61 Å². The topological polar surface area (TPSA) is 55.8 Å². The summed E-state index contributed by atoms with van der Waals surface area (Å²) in [5, 5.41) is 10.0. The van der Waals surface area contributed by atoms with Gasteiger partial charge in [-0.15, -0.1) is 0 Å². The lowest BCUT2D eigenvalue weighted by atomic mass is 10.1. The maximum Gasteiger partial charge on any atom is 0.303 e. The summed E-state index contributed by atoms with van der Waals surface area (Å²) in [5.41, 5.74) is 0.700. The van der Waals surface area contributed by atoms with E-state index in [9.17, 15) is 9.90 Å². The average Bonchev–Trinajstić information content (AvgIpc) is 2.28. The summed E-state index contributed by atoms with van der Waals surface area (Å²) in [7, 11) is 1.49. The molecule has 1 N–H and O–H groups in total. The Morgan fingerprint density at radius 1 is 1.38 bits per heavy atom. The predicted molar refractivity (Wildman–Crippen MR) is 58.8 cm³/mol. The number of rotatable bonds is 5. The second-order valence-corrected chi connectivity index (χ2v) is 3.46. The molecule has 0 saturated carbocycles. The molecule has 0 bridgehead atoms. The van der Waals surface area contributed by atoms with Gasteiger partial charge in [0.25, 0.3) is 0 Å². The highest BCUT2D eigenvalue weighted by molar-refractivity contribution is 5.66. The molecule has 4 heteroatoms. The Labute approximate surface area is 94.8 Å². The van der Waals surface area contributed by atoms with Crippen LogP contribution >= 0.6 is 0 Å². The monoisotopic (exact) mass is 224 g/mol. The number of hydrogen-bond donors (Lipinski definition) is 1. The molecular formula is C12H16O4. The number of esters is 1. The van der Waals surface area contributed by atoms with Gasteiger partial charge in [0.2, 0.25) is 0 Å². The number of methoxy groups -OCH3 is 1. The quantitative estimate of drug-likeness (QED) is 0.766. The van der Waals surface area contributed by atoms with E-state index in [0.29, 0.717) is 5.56 Å². The second-order valence-electron chi connectivity index (χ2n) is 3.46. The molecule has 0 heterocycles. The summed E-state index contributed by atoms with van der Waals surface area (Å²) in [6, 6.07) is 9.04. The van der Waals surface area contributed by atoms with Gasteiger partial charge in [0.15, 0.2) is 6.10 Å². The van der Waals surface area contributed by atoms with Crippen molar-refractivity contribution in [3.63, 3.8) is 0 Å². The van der Waals surface area contributed by atoms with Crippen molar-refractivity contribution in [3.8, 4) is 0 Å². The zero-order valence-electron chi connectivity index (χ0n) is 9.42. The third-order valence-corrected chi connectivity index (χ3v) is 2.14. The van der Waals surface area contributed by atoms with Crippen molar-refractivity contribution in [1.29, 1.82) is 0 Å². The summed E-state index contributed by atoms with van der Waals surface area (Å²) in [5.74, 6) is -0.433. The smallest absolute Gasteiger partial charge is 0.303 e. The molecule has 0 amide bonds. The molecule has 1 aromatic carbocycles. The highest BCUT2D eigenvalue weighted by Crippen LogP contribution is 2.19. The summed E-state index contributed by atoms with van der Waals surface area (Å²) < 4.78 is 9.90. The second kappa shape index (κ2) is 6.25. The van der Waals surface area contributed by atoms with Gasteiger partial charge < -0.3 is 14.6 Å². The fourth-order valence-corrected chi connectivity index (χ4v) is 1.43. The van der Waals surface area contributed by atoms with Crippen molar-refractivity contribution in [2.24, 2.45) is 0 Å². The fraction of sp³-hybridized carbons (Fsp3) is 0.417. The van der Waals surface area contributed by atoms with E-state index < -0.39 is 18.2 Å². The molecule has 0 fully saturated rings. The van der Waals surface area contributed by atoms with Crippen LogP contribution in [0.2, 0.25) is 0 Å². The van der Waals surface area contributed by atoms with Crippen molar-refractivity contribution in [1.82, 2.24) is 0 Å². The molecule has 0 aliphatic heterocycles. The molecule has 0 radical (unpaired) electrons. The molecule has 0 aromatic heterocycles. The Kier molecular flexibility index (Phi) is 4.95. The Morgan fingerprint density at radius 3 is 2.50 bits per heavy atom. The number of carbonyl (C=O) groups is 1. The van der Waals surface area contributed by atoms with Gasteiger partial charge in [-0.05, 0) is 5.56 Å². The lowest BCUT2D eigenvalue weighted by Crippen LogP contribution is -2.29. The van der Waals surface area contributed by atoms with Gasteiger partial charge >= 0.3 is 5.97 Å². The largest absolute Gasteiger partial charge is 0.457 e. The Bertz CT molecular complexity index is 323. The first kappa shape index (κ1) is 12.7. The molecule has 88 valence electrons. The van der Waals surface area contributed by atoms with Gasteiger partial charge in [-0.2, -0.15) is 0 Å². The van der Waals surface area contributed by atoms with Crippen LogP contribution in [-0.4, -0.2) is 30.9 Å². The maximum atomic E-state index is 10.9. The predicted octanol–water partition coefficient (Wildman–Crippen LogP) is 1.30. The third kappa shape index (κ3) is 3.64. The van der Waals surface area contributed by atoms with Crippen LogP contribution in [0.3, 0.4) is 0 Å². The van der Waals surface area contributed by atoms with E-state index in [2.05, 4.69) is 0 Å². The zero-order chi connectivity index (χ0) is 12.0. The number of hydrogen-bond acceptors (Lipinski definition) is 4. The third-order valence-electron chi connectivity index (χ3n) is 2.14. The fourth-order valence-electron chi connectivity index (χ4n) is 1.43. The number of aliphatic hydroxyl groups excluding tert-OH is 1. The SMILES string of the molecule is COC[C@H](OC(C)=O)C(O)c1ccccc1. The number of carbonyl (C=O) groups excluding carboxylic acids is 1. The van der Waals surface area contributed by atoms with Crippen molar-refractivity contribution < 1.29 is 19.4 Å². The van der Waals surface area contributed by atoms with E-state index in [4.69, 9.17) is 9.47 Å². The molecule has 4 nitrogen and oxygen atoms in total. The zero-order valence-corrected chi connectivity index (χ0v) is 9.42. The first-order valence-electron chi connectivity index (χ1n) is 5.04. The summed E-state index contributed by atoms with van der Waals surface area (Å²) in [6.45, 7) is 1.47. The number of aliphatic hydroxyl groups is 1. The minimum atomic E-state index is -0.870. The molecule has 2 atom stereocenters. The molecule has 1 rings (SSSR count). The van der Waals surface area contributed by atoms with E-state index in [1.165, 1.54) is 14.0 Å². The van der Waals surface area contributed by atoms with Crippen molar-refractivity contribution in [2.75, 3.05) is 13.7 Å². The van der Waals surface area contributed by atoms with Crippen LogP contribution in [0.25, 0.3) is 0 Å². The van der Waals surface area contributed by atoms with E-state index in [1.54, 1.807) is 12.1 Å². The summed E-state index contributed by atoms with van der Waals surface area (Å²) in [6.07, 6.45) is -1.55. The molecular weight excluding hydrogens is 208 g/mol. The minimum Gasteiger partial charge on any atom is -0.457 e. The van der Waals surface area contributed by atoms with Gasteiger partial charge in [-0.3, -0.25) is 4.79 Å². The van der Waals surface area contributed by atoms with Crippen LogP contribution in [0.4, 0.5) is 0 Å². The van der Waals surface area contributed by atoms with E-state index >= 15 is 0 Å². The van der Waals surface area contributed by atoms with Crippen molar-refractivity contribution in [2.45, 2.75) is 19.1 Å². The minimum absolute atomic E-state index is 0.162. The van der Waals surface area contributed by atoms with Crippen molar-refractivity contribution in [3.05, 3.63) is 35.9 Å². The molecule has 0 saturated heterocycles. The van der Waals surface area contributed by atoms with Crippen LogP contribution in [0.5, 0.6) is 0 Å². The molecule has 0 aliphatic rings. The normalized spacial score (nSPS) is 14.2. The van der Waals surface area contributed by atoms with E-state index in [1.807, 2.05) is 18.2 Å². The summed E-state index contributed by atoms with van der Waals surface area (Å²) in [4.78, 5) is 10.9. The van der Waals surface area contributed by atoms with Crippen molar-refractivity contribution >= 4 is 5.97 Å². The lowest BCUT2D eigenvalue weighted by molar-refractivity contribution is -0.156. The first-order valence-corrected chi connectivity index (χ1v) is 5.04. The highest BCUT2D eigenvalue weighted by atomic mass is 16.6. The van der Waals surface area contributed by atoms with E-state index in [0.717, 1.165) is 0 Å². The van der Waals surface area contributed by atoms with Gasteiger partial charge in [0.05, 0.1) is 6.61 Å². The van der Waals surface area contributed by atoms with Crippen LogP contribution in [0.1, 0.15) is 18.6 Å². The lowest BCUT2D eigenvalue weighted by Gasteiger charge is -2.22. The Balaban J connectivity index is 2.74. The Morgan fingerprint density at radius 2 is 2.00 bits per heavy atom. The van der Waals surface area contributed by atoms with Gasteiger partial charge in [0.1, 0.15) is 6.10 Å². The van der Waals surface area contributed by atoms with Gasteiger partial charge in [0, 0.05) is 14.0 Å². The number of benzene rings is 1. The first-order chi connectivity index (χ1) is 7.65. The molecule has 16 heavy (non-hydrogen) atoms. The molecule has 1 aromatic rings. The standard InChI is InChI=1S/C12H16O4/c1-9(13)16-11(8-15-2)12(14)10-6-4-3-5-7-10/h3-7,11-12,14H,8H2,1-2H3/t11-,12?/m0/s1. The van der Waals surface area contributed by atoms with Gasteiger partial charge in [-0.25, -0.2) is 0 Å². The molecule has 0 aliphatic carbocycles. The number of ether oxygens (including phenoxy) is 2.